The molecule has 1 heteroatoms. The van der Waals surface area contributed by atoms with Gasteiger partial charge < -0.3 is 0 Å². The van der Waals surface area contributed by atoms with Crippen LogP contribution in [0.1, 0.15) is 30.5 Å². The first-order valence-electron chi connectivity index (χ1n) is 4.67. The van der Waals surface area contributed by atoms with Gasteiger partial charge >= 0.3 is 0 Å². The van der Waals surface area contributed by atoms with Crippen LogP contribution >= 0.6 is 0 Å². The van der Waals surface area contributed by atoms with Crippen LogP contribution in [0.5, 0.6) is 0 Å². The number of nitrogens with zero attached hydrogens (tertiary/aromatic N) is 1. The Hall–Kier alpha value is -1.73. The highest BCUT2D eigenvalue weighted by atomic mass is 14.2. The van der Waals surface area contributed by atoms with Gasteiger partial charge in [-0.05, 0) is 30.0 Å². The molecule has 0 saturated carbocycles. The topological polar surface area (TPSA) is 23.8 Å². The molecule has 0 heterocycles. The highest BCUT2D eigenvalue weighted by molar-refractivity contribution is 5.45. The molecule has 0 aromatic heterocycles. The van der Waals surface area contributed by atoms with Crippen LogP contribution in [0, 0.1) is 29.6 Å². The first kappa shape index (κ1) is 10.4. The van der Waals surface area contributed by atoms with Crippen LogP contribution in [0.3, 0.4) is 0 Å². The Morgan fingerprint density at radius 3 is 2.64 bits per heavy atom. The van der Waals surface area contributed by atoms with Gasteiger partial charge in [0, 0.05) is 5.56 Å². The van der Waals surface area contributed by atoms with Crippen molar-refractivity contribution in [1.29, 1.82) is 5.26 Å². The number of rotatable bonds is 2. The maximum Gasteiger partial charge on any atom is 0.0994 e. The summed E-state index contributed by atoms with van der Waals surface area (Å²) in [5, 5.41) is 8.93. The van der Waals surface area contributed by atoms with Crippen molar-refractivity contribution in [2.45, 2.75) is 20.3 Å². The molecule has 0 saturated heterocycles. The number of nitriles is 1. The molecule has 0 aliphatic heterocycles. The van der Waals surface area contributed by atoms with Gasteiger partial charge in [-0.1, -0.05) is 25.8 Å². The molecular formula is C13H13N. The average Bonchev–Trinajstić information content (AvgIpc) is 2.17. The summed E-state index contributed by atoms with van der Waals surface area (Å²) < 4.78 is 0. The molecule has 0 atom stereocenters. The molecule has 14 heavy (non-hydrogen) atoms. The zero-order valence-corrected chi connectivity index (χ0v) is 8.54. The molecule has 0 aliphatic carbocycles. The normalized spacial score (nSPS) is 9.50. The molecule has 0 fully saturated rings. The van der Waals surface area contributed by atoms with Gasteiger partial charge in [-0.25, -0.2) is 0 Å². The van der Waals surface area contributed by atoms with Crippen molar-refractivity contribution in [2.75, 3.05) is 0 Å². The lowest BCUT2D eigenvalue weighted by Crippen LogP contribution is -1.97. The highest BCUT2D eigenvalue weighted by Crippen LogP contribution is 2.14. The molecule has 0 bridgehead atoms. The summed E-state index contributed by atoms with van der Waals surface area (Å²) in [6, 6.07) is 7.80. The van der Waals surface area contributed by atoms with E-state index in [1.165, 1.54) is 0 Å². The van der Waals surface area contributed by atoms with Crippen LogP contribution in [0.25, 0.3) is 0 Å². The first-order chi connectivity index (χ1) is 6.67. The van der Waals surface area contributed by atoms with Crippen molar-refractivity contribution in [3.05, 3.63) is 34.9 Å². The largest absolute Gasteiger partial charge is 0.192 e. The van der Waals surface area contributed by atoms with Crippen molar-refractivity contribution in [3.8, 4) is 18.4 Å². The highest BCUT2D eigenvalue weighted by Gasteiger charge is 2.04. The third-order valence-corrected chi connectivity index (χ3v) is 2.03. The lowest BCUT2D eigenvalue weighted by atomic mass is 9.97. The minimum atomic E-state index is 0.554. The molecule has 0 amide bonds. The van der Waals surface area contributed by atoms with E-state index in [4.69, 9.17) is 11.7 Å². The minimum Gasteiger partial charge on any atom is -0.192 e. The minimum absolute atomic E-state index is 0.554. The van der Waals surface area contributed by atoms with Gasteiger partial charge in [-0.3, -0.25) is 0 Å². The van der Waals surface area contributed by atoms with Gasteiger partial charge in [-0.2, -0.15) is 5.26 Å². The standard InChI is InChI=1S/C13H13N/c1-4-11-5-6-12(7-10(2)3)13(8-11)9-14/h1,5-6,8,10H,7H2,2-3H3. The Morgan fingerprint density at radius 2 is 2.14 bits per heavy atom. The number of benzene rings is 1. The second-order valence-corrected chi connectivity index (χ2v) is 3.73. The quantitative estimate of drug-likeness (QED) is 0.647. The van der Waals surface area contributed by atoms with Gasteiger partial charge in [0.15, 0.2) is 0 Å². The Balaban J connectivity index is 3.08. The molecule has 0 spiro atoms. The van der Waals surface area contributed by atoms with Crippen LogP contribution in [0.4, 0.5) is 0 Å². The van der Waals surface area contributed by atoms with E-state index in [1.54, 1.807) is 6.07 Å². The SMILES string of the molecule is C#Cc1ccc(CC(C)C)c(C#N)c1. The zero-order valence-electron chi connectivity index (χ0n) is 8.54. The van der Waals surface area contributed by atoms with E-state index in [0.717, 1.165) is 17.5 Å². The second-order valence-electron chi connectivity index (χ2n) is 3.73. The molecule has 0 N–H and O–H groups in total. The number of hydrogen-bond acceptors (Lipinski definition) is 1. The molecule has 1 rings (SSSR count). The maximum absolute atomic E-state index is 8.93. The first-order valence-corrected chi connectivity index (χ1v) is 4.67. The summed E-state index contributed by atoms with van der Waals surface area (Å²) in [7, 11) is 0. The van der Waals surface area contributed by atoms with E-state index in [1.807, 2.05) is 12.1 Å². The fourth-order valence-corrected chi connectivity index (χ4v) is 1.39. The Labute approximate surface area is 85.4 Å². The average molecular weight is 183 g/mol. The summed E-state index contributed by atoms with van der Waals surface area (Å²) in [6.45, 7) is 4.27. The third-order valence-electron chi connectivity index (χ3n) is 2.03. The van der Waals surface area contributed by atoms with E-state index in [2.05, 4.69) is 25.8 Å². The van der Waals surface area contributed by atoms with Crippen LogP contribution in [0.2, 0.25) is 0 Å². The van der Waals surface area contributed by atoms with Crippen LogP contribution in [0.15, 0.2) is 18.2 Å². The van der Waals surface area contributed by atoms with Gasteiger partial charge in [-0.15, -0.1) is 6.42 Å². The Bertz CT molecular complexity index is 402. The predicted octanol–water partition coefficient (Wildman–Crippen LogP) is 2.74. The lowest BCUT2D eigenvalue weighted by Gasteiger charge is -2.06. The Kier molecular flexibility index (Phi) is 3.32. The van der Waals surface area contributed by atoms with Gasteiger partial charge in [0.2, 0.25) is 0 Å². The molecule has 70 valence electrons. The summed E-state index contributed by atoms with van der Waals surface area (Å²) >= 11 is 0. The Morgan fingerprint density at radius 1 is 1.43 bits per heavy atom. The van der Waals surface area contributed by atoms with Gasteiger partial charge in [0.05, 0.1) is 11.6 Å². The number of terminal acetylenes is 1. The maximum atomic E-state index is 8.93. The molecule has 0 unspecified atom stereocenters. The summed E-state index contributed by atoms with van der Waals surface area (Å²) in [6.07, 6.45) is 6.19. The van der Waals surface area contributed by atoms with Crippen LogP contribution < -0.4 is 0 Å². The van der Waals surface area contributed by atoms with Crippen LogP contribution in [-0.4, -0.2) is 0 Å². The van der Waals surface area contributed by atoms with Crippen molar-refractivity contribution in [1.82, 2.24) is 0 Å². The number of hydrogen-bond donors (Lipinski definition) is 0. The monoisotopic (exact) mass is 183 g/mol. The van der Waals surface area contributed by atoms with E-state index in [-0.39, 0.29) is 0 Å². The molecular weight excluding hydrogens is 170 g/mol. The fourth-order valence-electron chi connectivity index (χ4n) is 1.39. The fraction of sp³-hybridized carbons (Fsp3) is 0.308. The molecule has 1 aromatic carbocycles. The van der Waals surface area contributed by atoms with Crippen LogP contribution in [-0.2, 0) is 6.42 Å². The van der Waals surface area contributed by atoms with Crippen molar-refractivity contribution < 1.29 is 0 Å². The second kappa shape index (κ2) is 4.49. The molecule has 1 nitrogen and oxygen atoms in total. The molecule has 1 aromatic rings. The van der Waals surface area contributed by atoms with E-state index < -0.39 is 0 Å². The summed E-state index contributed by atoms with van der Waals surface area (Å²) in [5.74, 6) is 3.09. The third kappa shape index (κ3) is 2.38. The summed E-state index contributed by atoms with van der Waals surface area (Å²) in [5.41, 5.74) is 2.56. The van der Waals surface area contributed by atoms with Crippen molar-refractivity contribution in [3.63, 3.8) is 0 Å². The summed E-state index contributed by atoms with van der Waals surface area (Å²) in [4.78, 5) is 0. The predicted molar refractivity (Wildman–Crippen MR) is 57.6 cm³/mol. The van der Waals surface area contributed by atoms with E-state index in [0.29, 0.717) is 11.5 Å². The van der Waals surface area contributed by atoms with Crippen molar-refractivity contribution >= 4 is 0 Å². The zero-order chi connectivity index (χ0) is 10.6. The van der Waals surface area contributed by atoms with Gasteiger partial charge in [0.25, 0.3) is 0 Å². The van der Waals surface area contributed by atoms with E-state index in [9.17, 15) is 0 Å². The van der Waals surface area contributed by atoms with E-state index >= 15 is 0 Å². The molecule has 0 radical (unpaired) electrons. The van der Waals surface area contributed by atoms with Gasteiger partial charge in [0.1, 0.15) is 0 Å². The molecule has 0 aliphatic rings. The lowest BCUT2D eigenvalue weighted by molar-refractivity contribution is 0.646. The smallest absolute Gasteiger partial charge is 0.0994 e. The van der Waals surface area contributed by atoms with Crippen molar-refractivity contribution in [2.24, 2.45) is 5.92 Å².